The van der Waals surface area contributed by atoms with Gasteiger partial charge in [0.2, 0.25) is 0 Å². The van der Waals surface area contributed by atoms with Crippen LogP contribution in [0.2, 0.25) is 0 Å². The van der Waals surface area contributed by atoms with Crippen LogP contribution in [0.3, 0.4) is 0 Å². The van der Waals surface area contributed by atoms with Gasteiger partial charge in [-0.15, -0.1) is 0 Å². The second kappa shape index (κ2) is 9.67. The van der Waals surface area contributed by atoms with Crippen LogP contribution >= 0.6 is 0 Å². The fourth-order valence-corrected chi connectivity index (χ4v) is 2.27. The van der Waals surface area contributed by atoms with Crippen LogP contribution in [0.1, 0.15) is 32.6 Å². The Hall–Kier alpha value is -2.29. The quantitative estimate of drug-likeness (QED) is 0.490. The summed E-state index contributed by atoms with van der Waals surface area (Å²) in [5, 5.41) is 0. The number of benzene rings is 2. The molecule has 0 bridgehead atoms. The smallest absolute Gasteiger partial charge is 0.344 e. The maximum absolute atomic E-state index is 11.6. The van der Waals surface area contributed by atoms with Crippen molar-refractivity contribution in [2.45, 2.75) is 32.6 Å². The van der Waals surface area contributed by atoms with Gasteiger partial charge in [-0.05, 0) is 29.7 Å². The van der Waals surface area contributed by atoms with E-state index in [1.807, 2.05) is 42.5 Å². The number of hydrogen-bond acceptors (Lipinski definition) is 3. The minimum absolute atomic E-state index is 0.0432. The minimum Gasteiger partial charge on any atom is -0.482 e. The molecule has 2 rings (SSSR count). The molecule has 3 heteroatoms. The largest absolute Gasteiger partial charge is 0.482 e. The number of hydrogen-bond donors (Lipinski definition) is 0. The van der Waals surface area contributed by atoms with E-state index < -0.39 is 0 Å². The average Bonchev–Trinajstić information content (AvgIpc) is 2.61. The van der Waals surface area contributed by atoms with Gasteiger partial charge in [-0.1, -0.05) is 68.7 Å². The first-order valence-electron chi connectivity index (χ1n) is 8.23. The fraction of sp³-hybridized carbons (Fsp3) is 0.350. The zero-order valence-electron chi connectivity index (χ0n) is 13.7. The summed E-state index contributed by atoms with van der Waals surface area (Å²) in [6.07, 6.45) is 4.38. The molecule has 122 valence electrons. The van der Waals surface area contributed by atoms with Gasteiger partial charge in [-0.3, -0.25) is 0 Å². The molecule has 0 atom stereocenters. The standard InChI is InChI=1S/C20H24O3/c1-2-3-4-8-15-22-20(21)16-23-19-13-11-18(12-14-19)17-9-6-5-7-10-17/h5-7,9-14H,2-4,8,15-16H2,1H3. The molecule has 0 radical (unpaired) electrons. The Balaban J connectivity index is 1.73. The molecule has 0 aromatic heterocycles. The molecule has 23 heavy (non-hydrogen) atoms. The van der Waals surface area contributed by atoms with Crippen molar-refractivity contribution in [2.75, 3.05) is 13.2 Å². The van der Waals surface area contributed by atoms with Crippen molar-refractivity contribution in [3.8, 4) is 16.9 Å². The Labute approximate surface area is 138 Å². The first-order valence-corrected chi connectivity index (χ1v) is 8.23. The second-order valence-electron chi connectivity index (χ2n) is 5.46. The Bertz CT molecular complexity index is 576. The summed E-state index contributed by atoms with van der Waals surface area (Å²) in [4.78, 5) is 11.6. The molecule has 2 aromatic rings. The highest BCUT2D eigenvalue weighted by molar-refractivity contribution is 5.71. The Kier molecular flexibility index (Phi) is 7.18. The summed E-state index contributed by atoms with van der Waals surface area (Å²) in [5.74, 6) is 0.362. The number of carbonyl (C=O) groups is 1. The van der Waals surface area contributed by atoms with Crippen LogP contribution in [0.4, 0.5) is 0 Å². The lowest BCUT2D eigenvalue weighted by Gasteiger charge is -2.08. The molecule has 0 saturated carbocycles. The molecule has 0 fully saturated rings. The van der Waals surface area contributed by atoms with Crippen LogP contribution in [0, 0.1) is 0 Å². The zero-order chi connectivity index (χ0) is 16.3. The molecule has 0 saturated heterocycles. The Morgan fingerprint density at radius 3 is 2.26 bits per heavy atom. The number of esters is 1. The van der Waals surface area contributed by atoms with Crippen molar-refractivity contribution in [1.82, 2.24) is 0 Å². The topological polar surface area (TPSA) is 35.5 Å². The average molecular weight is 312 g/mol. The molecule has 0 amide bonds. The number of unbranched alkanes of at least 4 members (excludes halogenated alkanes) is 3. The Morgan fingerprint density at radius 1 is 0.870 bits per heavy atom. The third-order valence-electron chi connectivity index (χ3n) is 3.58. The summed E-state index contributed by atoms with van der Waals surface area (Å²) in [5.41, 5.74) is 2.28. The summed E-state index contributed by atoms with van der Waals surface area (Å²) >= 11 is 0. The summed E-state index contributed by atoms with van der Waals surface area (Å²) in [6.45, 7) is 2.59. The molecule has 0 aliphatic carbocycles. The maximum atomic E-state index is 11.6. The Morgan fingerprint density at radius 2 is 1.57 bits per heavy atom. The minimum atomic E-state index is -0.311. The monoisotopic (exact) mass is 312 g/mol. The van der Waals surface area contributed by atoms with Crippen LogP contribution in [0.15, 0.2) is 54.6 Å². The lowest BCUT2D eigenvalue weighted by atomic mass is 10.1. The van der Waals surface area contributed by atoms with E-state index in [9.17, 15) is 4.79 Å². The van der Waals surface area contributed by atoms with Gasteiger partial charge in [0, 0.05) is 0 Å². The highest BCUT2D eigenvalue weighted by Gasteiger charge is 2.04. The highest BCUT2D eigenvalue weighted by atomic mass is 16.6. The van der Waals surface area contributed by atoms with E-state index in [0.29, 0.717) is 12.4 Å². The normalized spacial score (nSPS) is 10.3. The molecule has 0 aliphatic rings. The van der Waals surface area contributed by atoms with Crippen LogP contribution < -0.4 is 4.74 Å². The van der Waals surface area contributed by atoms with E-state index in [1.54, 1.807) is 0 Å². The van der Waals surface area contributed by atoms with Crippen LogP contribution in [0.5, 0.6) is 5.75 Å². The molecule has 2 aromatic carbocycles. The fourth-order valence-electron chi connectivity index (χ4n) is 2.27. The first-order chi connectivity index (χ1) is 11.3. The molecule has 0 unspecified atom stereocenters. The number of carbonyl (C=O) groups excluding carboxylic acids is 1. The van der Waals surface area contributed by atoms with Gasteiger partial charge in [0.25, 0.3) is 0 Å². The van der Waals surface area contributed by atoms with Gasteiger partial charge in [0.15, 0.2) is 6.61 Å². The maximum Gasteiger partial charge on any atom is 0.344 e. The van der Waals surface area contributed by atoms with Gasteiger partial charge in [-0.25, -0.2) is 4.79 Å². The van der Waals surface area contributed by atoms with E-state index in [-0.39, 0.29) is 12.6 Å². The van der Waals surface area contributed by atoms with Crippen molar-refractivity contribution in [1.29, 1.82) is 0 Å². The molecule has 0 aliphatic heterocycles. The van der Waals surface area contributed by atoms with E-state index in [2.05, 4.69) is 19.1 Å². The van der Waals surface area contributed by atoms with Crippen molar-refractivity contribution >= 4 is 5.97 Å². The molecule has 0 heterocycles. The third-order valence-corrected chi connectivity index (χ3v) is 3.58. The van der Waals surface area contributed by atoms with E-state index in [0.717, 1.165) is 24.0 Å². The molecule has 3 nitrogen and oxygen atoms in total. The lowest BCUT2D eigenvalue weighted by molar-refractivity contribution is -0.146. The second-order valence-corrected chi connectivity index (χ2v) is 5.46. The summed E-state index contributed by atoms with van der Waals surface area (Å²) in [7, 11) is 0. The van der Waals surface area contributed by atoms with E-state index in [4.69, 9.17) is 9.47 Å². The highest BCUT2D eigenvalue weighted by Crippen LogP contribution is 2.21. The predicted molar refractivity (Wildman–Crippen MR) is 92.5 cm³/mol. The number of rotatable bonds is 9. The molecule has 0 N–H and O–H groups in total. The molecular weight excluding hydrogens is 288 g/mol. The van der Waals surface area contributed by atoms with Gasteiger partial charge >= 0.3 is 5.97 Å². The molecular formula is C20H24O3. The van der Waals surface area contributed by atoms with Crippen molar-refractivity contribution in [3.05, 3.63) is 54.6 Å². The van der Waals surface area contributed by atoms with Crippen LogP contribution in [-0.4, -0.2) is 19.2 Å². The van der Waals surface area contributed by atoms with Crippen molar-refractivity contribution < 1.29 is 14.3 Å². The van der Waals surface area contributed by atoms with Gasteiger partial charge in [-0.2, -0.15) is 0 Å². The van der Waals surface area contributed by atoms with Crippen molar-refractivity contribution in [3.63, 3.8) is 0 Å². The zero-order valence-corrected chi connectivity index (χ0v) is 13.7. The third kappa shape index (κ3) is 6.15. The van der Waals surface area contributed by atoms with Crippen LogP contribution in [-0.2, 0) is 9.53 Å². The van der Waals surface area contributed by atoms with Gasteiger partial charge in [0.1, 0.15) is 5.75 Å². The van der Waals surface area contributed by atoms with E-state index >= 15 is 0 Å². The van der Waals surface area contributed by atoms with E-state index in [1.165, 1.54) is 12.8 Å². The first kappa shape index (κ1) is 17.1. The number of ether oxygens (including phenoxy) is 2. The van der Waals surface area contributed by atoms with Gasteiger partial charge < -0.3 is 9.47 Å². The predicted octanol–water partition coefficient (Wildman–Crippen LogP) is 4.86. The van der Waals surface area contributed by atoms with Crippen LogP contribution in [0.25, 0.3) is 11.1 Å². The summed E-state index contributed by atoms with van der Waals surface area (Å²) in [6, 6.07) is 17.9. The van der Waals surface area contributed by atoms with Gasteiger partial charge in [0.05, 0.1) is 6.61 Å². The lowest BCUT2D eigenvalue weighted by Crippen LogP contribution is -2.15. The molecule has 0 spiro atoms. The summed E-state index contributed by atoms with van der Waals surface area (Å²) < 4.78 is 10.6. The SMILES string of the molecule is CCCCCCOC(=O)COc1ccc(-c2ccccc2)cc1. The van der Waals surface area contributed by atoms with Crippen molar-refractivity contribution in [2.24, 2.45) is 0 Å².